The summed E-state index contributed by atoms with van der Waals surface area (Å²) in [6.45, 7) is 0. The Kier molecular flexibility index (Phi) is 3.70. The van der Waals surface area contributed by atoms with Crippen molar-refractivity contribution in [1.82, 2.24) is 0 Å². The Hall–Kier alpha value is -1.72. The van der Waals surface area contributed by atoms with E-state index in [1.807, 2.05) is 36.4 Å². The lowest BCUT2D eigenvalue weighted by atomic mass is 9.97. The standard InChI is InChI=1S/C19H13BrO2S/c20-11-8-9-12(16(10-11)19(21)22)14-5-3-6-15-13-4-1-2-7-17(13)23-18(14)15/h1-10,19,21-22H. The minimum atomic E-state index is -1.51. The maximum atomic E-state index is 9.74. The van der Waals surface area contributed by atoms with Gasteiger partial charge in [-0.3, -0.25) is 0 Å². The van der Waals surface area contributed by atoms with Crippen molar-refractivity contribution in [2.24, 2.45) is 0 Å². The second-order valence-corrected chi connectivity index (χ2v) is 7.35. The fourth-order valence-electron chi connectivity index (χ4n) is 2.95. The summed E-state index contributed by atoms with van der Waals surface area (Å²) in [6.07, 6.45) is -1.51. The molecule has 0 amide bonds. The van der Waals surface area contributed by atoms with E-state index in [1.165, 1.54) is 15.5 Å². The lowest BCUT2D eigenvalue weighted by Gasteiger charge is -2.13. The first-order valence-electron chi connectivity index (χ1n) is 7.21. The van der Waals surface area contributed by atoms with Gasteiger partial charge in [-0.15, -0.1) is 11.3 Å². The van der Waals surface area contributed by atoms with Crippen LogP contribution in [-0.4, -0.2) is 10.2 Å². The summed E-state index contributed by atoms with van der Waals surface area (Å²) in [6, 6.07) is 20.1. The van der Waals surface area contributed by atoms with Crippen molar-refractivity contribution in [2.45, 2.75) is 6.29 Å². The van der Waals surface area contributed by atoms with E-state index in [0.29, 0.717) is 5.56 Å². The molecule has 0 spiro atoms. The highest BCUT2D eigenvalue weighted by Gasteiger charge is 2.16. The maximum absolute atomic E-state index is 9.74. The van der Waals surface area contributed by atoms with Crippen molar-refractivity contribution in [1.29, 1.82) is 0 Å². The Bertz CT molecular complexity index is 1020. The number of aliphatic hydroxyl groups excluding tert-OH is 1. The van der Waals surface area contributed by atoms with E-state index in [0.717, 1.165) is 20.3 Å². The molecule has 0 saturated heterocycles. The fourth-order valence-corrected chi connectivity index (χ4v) is 4.56. The van der Waals surface area contributed by atoms with Crippen LogP contribution in [0, 0.1) is 0 Å². The highest BCUT2D eigenvalue weighted by Crippen LogP contribution is 2.41. The molecule has 3 aromatic carbocycles. The first-order valence-corrected chi connectivity index (χ1v) is 8.82. The van der Waals surface area contributed by atoms with Gasteiger partial charge in [0.25, 0.3) is 0 Å². The van der Waals surface area contributed by atoms with Crippen molar-refractivity contribution in [3.8, 4) is 11.1 Å². The highest BCUT2D eigenvalue weighted by molar-refractivity contribution is 9.10. The molecule has 23 heavy (non-hydrogen) atoms. The predicted octanol–water partition coefficient (Wildman–Crippen LogP) is 5.47. The third kappa shape index (κ3) is 2.48. The lowest BCUT2D eigenvalue weighted by Crippen LogP contribution is -1.98. The first kappa shape index (κ1) is 14.8. The molecule has 0 aliphatic heterocycles. The minimum absolute atomic E-state index is 0.504. The van der Waals surface area contributed by atoms with E-state index in [-0.39, 0.29) is 0 Å². The zero-order valence-electron chi connectivity index (χ0n) is 12.0. The average molecular weight is 385 g/mol. The Labute approximate surface area is 145 Å². The molecule has 4 heteroatoms. The quantitative estimate of drug-likeness (QED) is 0.450. The average Bonchev–Trinajstić information content (AvgIpc) is 2.93. The molecule has 0 radical (unpaired) electrons. The Balaban J connectivity index is 2.07. The summed E-state index contributed by atoms with van der Waals surface area (Å²) >= 11 is 5.13. The molecule has 1 aromatic heterocycles. The molecule has 0 fully saturated rings. The van der Waals surface area contributed by atoms with Crippen LogP contribution in [0.3, 0.4) is 0 Å². The van der Waals surface area contributed by atoms with Crippen LogP contribution in [-0.2, 0) is 0 Å². The molecule has 0 aliphatic rings. The normalized spacial score (nSPS) is 11.7. The molecular weight excluding hydrogens is 372 g/mol. The topological polar surface area (TPSA) is 40.5 Å². The summed E-state index contributed by atoms with van der Waals surface area (Å²) < 4.78 is 3.23. The number of fused-ring (bicyclic) bond motifs is 3. The Morgan fingerprint density at radius 3 is 2.43 bits per heavy atom. The fraction of sp³-hybridized carbons (Fsp3) is 0.0526. The summed E-state index contributed by atoms with van der Waals surface area (Å²) in [5, 5.41) is 21.9. The highest BCUT2D eigenvalue weighted by atomic mass is 79.9. The van der Waals surface area contributed by atoms with Gasteiger partial charge in [0.2, 0.25) is 0 Å². The minimum Gasteiger partial charge on any atom is -0.364 e. The molecule has 0 aliphatic carbocycles. The first-order chi connectivity index (χ1) is 11.1. The van der Waals surface area contributed by atoms with E-state index >= 15 is 0 Å². The van der Waals surface area contributed by atoms with Crippen LogP contribution >= 0.6 is 27.3 Å². The predicted molar refractivity (Wildman–Crippen MR) is 99.6 cm³/mol. The van der Waals surface area contributed by atoms with Gasteiger partial charge in [0.15, 0.2) is 6.29 Å². The van der Waals surface area contributed by atoms with E-state index < -0.39 is 6.29 Å². The van der Waals surface area contributed by atoms with Crippen molar-refractivity contribution in [2.75, 3.05) is 0 Å². The number of aliphatic hydroxyl groups is 2. The van der Waals surface area contributed by atoms with Gasteiger partial charge < -0.3 is 10.2 Å². The molecule has 2 N–H and O–H groups in total. The zero-order valence-corrected chi connectivity index (χ0v) is 14.4. The third-order valence-electron chi connectivity index (χ3n) is 3.99. The van der Waals surface area contributed by atoms with Crippen LogP contribution in [0.25, 0.3) is 31.3 Å². The van der Waals surface area contributed by atoms with Crippen LogP contribution in [0.2, 0.25) is 0 Å². The lowest BCUT2D eigenvalue weighted by molar-refractivity contribution is -0.0420. The Morgan fingerprint density at radius 1 is 0.826 bits per heavy atom. The van der Waals surface area contributed by atoms with Crippen LogP contribution in [0.15, 0.2) is 65.1 Å². The summed E-state index contributed by atoms with van der Waals surface area (Å²) in [5.74, 6) is 0. The molecule has 0 bridgehead atoms. The molecule has 1 heterocycles. The molecule has 114 valence electrons. The molecule has 2 nitrogen and oxygen atoms in total. The molecule has 0 unspecified atom stereocenters. The number of thiophene rings is 1. The van der Waals surface area contributed by atoms with Gasteiger partial charge in [-0.1, -0.05) is 58.4 Å². The number of rotatable bonds is 2. The summed E-state index contributed by atoms with van der Waals surface area (Å²) in [7, 11) is 0. The van der Waals surface area contributed by atoms with Gasteiger partial charge in [0.05, 0.1) is 0 Å². The van der Waals surface area contributed by atoms with Crippen LogP contribution in [0.1, 0.15) is 11.9 Å². The monoisotopic (exact) mass is 384 g/mol. The summed E-state index contributed by atoms with van der Waals surface area (Å²) in [4.78, 5) is 0. The molecular formula is C19H13BrO2S. The van der Waals surface area contributed by atoms with E-state index in [4.69, 9.17) is 0 Å². The zero-order chi connectivity index (χ0) is 16.0. The smallest absolute Gasteiger partial charge is 0.179 e. The van der Waals surface area contributed by atoms with Crippen LogP contribution in [0.5, 0.6) is 0 Å². The Morgan fingerprint density at radius 2 is 1.61 bits per heavy atom. The molecule has 0 atom stereocenters. The molecule has 4 aromatic rings. The second kappa shape index (κ2) is 5.73. The third-order valence-corrected chi connectivity index (χ3v) is 5.70. The largest absolute Gasteiger partial charge is 0.364 e. The van der Waals surface area contributed by atoms with Gasteiger partial charge in [0, 0.05) is 30.2 Å². The van der Waals surface area contributed by atoms with Crippen LogP contribution < -0.4 is 0 Å². The van der Waals surface area contributed by atoms with Gasteiger partial charge in [-0.25, -0.2) is 0 Å². The van der Waals surface area contributed by atoms with E-state index in [2.05, 4.69) is 34.1 Å². The number of benzene rings is 3. The maximum Gasteiger partial charge on any atom is 0.179 e. The van der Waals surface area contributed by atoms with E-state index in [9.17, 15) is 10.2 Å². The van der Waals surface area contributed by atoms with Gasteiger partial charge >= 0.3 is 0 Å². The van der Waals surface area contributed by atoms with Gasteiger partial charge in [-0.2, -0.15) is 0 Å². The molecule has 4 rings (SSSR count). The number of halogens is 1. The van der Waals surface area contributed by atoms with E-state index in [1.54, 1.807) is 17.4 Å². The number of hydrogen-bond donors (Lipinski definition) is 2. The van der Waals surface area contributed by atoms with Gasteiger partial charge in [-0.05, 0) is 29.3 Å². The van der Waals surface area contributed by atoms with Crippen molar-refractivity contribution < 1.29 is 10.2 Å². The van der Waals surface area contributed by atoms with Gasteiger partial charge in [0.1, 0.15) is 0 Å². The number of hydrogen-bond acceptors (Lipinski definition) is 3. The van der Waals surface area contributed by atoms with Crippen molar-refractivity contribution in [3.63, 3.8) is 0 Å². The second-order valence-electron chi connectivity index (χ2n) is 5.39. The molecule has 0 saturated carbocycles. The SMILES string of the molecule is OC(O)c1cc(Br)ccc1-c1cccc2c1sc1ccccc12. The van der Waals surface area contributed by atoms with Crippen molar-refractivity contribution in [3.05, 3.63) is 70.7 Å². The van der Waals surface area contributed by atoms with Crippen LogP contribution in [0.4, 0.5) is 0 Å². The van der Waals surface area contributed by atoms with Crippen molar-refractivity contribution >= 4 is 47.4 Å². The summed E-state index contributed by atoms with van der Waals surface area (Å²) in [5.41, 5.74) is 2.38.